The Morgan fingerprint density at radius 1 is 1.48 bits per heavy atom. The van der Waals surface area contributed by atoms with Gasteiger partial charge in [-0.25, -0.2) is 4.98 Å². The molecule has 0 saturated heterocycles. The number of nitrogens with one attached hydrogen (secondary N) is 2. The van der Waals surface area contributed by atoms with E-state index in [-0.39, 0.29) is 5.97 Å². The van der Waals surface area contributed by atoms with Gasteiger partial charge in [-0.15, -0.1) is 0 Å². The van der Waals surface area contributed by atoms with E-state index in [1.54, 1.807) is 18.0 Å². The zero-order valence-electron chi connectivity index (χ0n) is 13.3. The van der Waals surface area contributed by atoms with E-state index in [0.717, 1.165) is 43.1 Å². The molecule has 0 amide bonds. The van der Waals surface area contributed by atoms with Crippen molar-refractivity contribution in [2.75, 3.05) is 18.9 Å². The van der Waals surface area contributed by atoms with Crippen molar-refractivity contribution in [3.63, 3.8) is 0 Å². The maximum Gasteiger partial charge on any atom is 0.326 e. The number of aromatic amines is 1. The van der Waals surface area contributed by atoms with E-state index in [1.165, 1.54) is 0 Å². The van der Waals surface area contributed by atoms with E-state index in [1.807, 2.05) is 20.0 Å². The molecule has 2 N–H and O–H groups in total. The molecule has 0 bridgehead atoms. The summed E-state index contributed by atoms with van der Waals surface area (Å²) in [5.74, 6) is 0.859. The Balaban J connectivity index is 2.32. The van der Waals surface area contributed by atoms with Crippen molar-refractivity contribution < 1.29 is 9.53 Å². The van der Waals surface area contributed by atoms with Crippen LogP contribution in [0.15, 0.2) is 17.6 Å². The van der Waals surface area contributed by atoms with Crippen LogP contribution in [-0.2, 0) is 9.53 Å². The summed E-state index contributed by atoms with van der Waals surface area (Å²) in [6.45, 7) is 7.14. The van der Waals surface area contributed by atoms with Crippen LogP contribution in [0, 0.1) is 0 Å². The second-order valence-corrected chi connectivity index (χ2v) is 6.26. The number of imidazole rings is 1. The molecular formula is C15H27N3O2S. The minimum Gasteiger partial charge on any atom is -0.465 e. The molecule has 1 rings (SSSR count). The standard InChI is InChI=1S/C15H27N3O2S/c1-4-9-18-15(3,13(19)20-5-2)8-6-7-12-21-14-16-10-11-17-14/h10-11,18H,4-9,12H2,1-3H3,(H,16,17). The molecule has 0 aromatic carbocycles. The number of esters is 1. The molecule has 1 atom stereocenters. The first-order valence-corrected chi connectivity index (χ1v) is 8.65. The van der Waals surface area contributed by atoms with Gasteiger partial charge < -0.3 is 15.0 Å². The Hall–Kier alpha value is -1.01. The number of hydrogen-bond acceptors (Lipinski definition) is 5. The van der Waals surface area contributed by atoms with Gasteiger partial charge in [0.1, 0.15) is 5.54 Å². The predicted molar refractivity (Wildman–Crippen MR) is 86.5 cm³/mol. The fourth-order valence-corrected chi connectivity index (χ4v) is 2.86. The highest BCUT2D eigenvalue weighted by Crippen LogP contribution is 2.19. The van der Waals surface area contributed by atoms with Gasteiger partial charge in [0.25, 0.3) is 0 Å². The molecule has 21 heavy (non-hydrogen) atoms. The van der Waals surface area contributed by atoms with Crippen molar-refractivity contribution in [3.8, 4) is 0 Å². The quantitative estimate of drug-likeness (QED) is 0.373. The summed E-state index contributed by atoms with van der Waals surface area (Å²) in [4.78, 5) is 19.4. The molecule has 1 aromatic heterocycles. The van der Waals surface area contributed by atoms with Crippen LogP contribution in [0.3, 0.4) is 0 Å². The average molecular weight is 313 g/mol. The van der Waals surface area contributed by atoms with Crippen molar-refractivity contribution in [1.29, 1.82) is 0 Å². The number of aromatic nitrogens is 2. The minimum absolute atomic E-state index is 0.142. The molecule has 0 aliphatic carbocycles. The highest BCUT2D eigenvalue weighted by atomic mass is 32.2. The van der Waals surface area contributed by atoms with Crippen LogP contribution < -0.4 is 5.32 Å². The van der Waals surface area contributed by atoms with Gasteiger partial charge in [-0.3, -0.25) is 4.79 Å². The molecule has 0 saturated carbocycles. The Kier molecular flexibility index (Phi) is 8.45. The van der Waals surface area contributed by atoms with Gasteiger partial charge in [-0.05, 0) is 39.7 Å². The second-order valence-electron chi connectivity index (χ2n) is 5.18. The van der Waals surface area contributed by atoms with Gasteiger partial charge in [0.2, 0.25) is 0 Å². The van der Waals surface area contributed by atoms with Crippen molar-refractivity contribution in [3.05, 3.63) is 12.4 Å². The lowest BCUT2D eigenvalue weighted by Gasteiger charge is -2.28. The Labute approximate surface area is 131 Å². The third-order valence-electron chi connectivity index (χ3n) is 3.27. The van der Waals surface area contributed by atoms with Crippen molar-refractivity contribution in [2.24, 2.45) is 0 Å². The average Bonchev–Trinajstić information content (AvgIpc) is 2.98. The van der Waals surface area contributed by atoms with E-state index >= 15 is 0 Å². The SMILES string of the molecule is CCCNC(C)(CCCCSc1ncc[nH]1)C(=O)OCC. The van der Waals surface area contributed by atoms with Gasteiger partial charge in [0.05, 0.1) is 6.61 Å². The summed E-state index contributed by atoms with van der Waals surface area (Å²) in [6, 6.07) is 0. The van der Waals surface area contributed by atoms with Crippen LogP contribution in [-0.4, -0.2) is 40.4 Å². The maximum atomic E-state index is 12.1. The number of rotatable bonds is 11. The van der Waals surface area contributed by atoms with Crippen LogP contribution in [0.1, 0.15) is 46.5 Å². The molecule has 0 fully saturated rings. The lowest BCUT2D eigenvalue weighted by molar-refractivity contribution is -0.150. The Morgan fingerprint density at radius 2 is 2.29 bits per heavy atom. The Bertz CT molecular complexity index is 398. The number of unbranched alkanes of at least 4 members (excludes halogenated alkanes) is 1. The maximum absolute atomic E-state index is 12.1. The van der Waals surface area contributed by atoms with Crippen molar-refractivity contribution in [2.45, 2.75) is 57.1 Å². The van der Waals surface area contributed by atoms with Gasteiger partial charge in [0, 0.05) is 18.1 Å². The first-order valence-electron chi connectivity index (χ1n) is 7.66. The van der Waals surface area contributed by atoms with E-state index in [2.05, 4.69) is 22.2 Å². The number of carbonyl (C=O) groups is 1. The van der Waals surface area contributed by atoms with Crippen LogP contribution in [0.5, 0.6) is 0 Å². The van der Waals surface area contributed by atoms with Crippen LogP contribution >= 0.6 is 11.8 Å². The van der Waals surface area contributed by atoms with Gasteiger partial charge in [-0.2, -0.15) is 0 Å². The molecule has 1 heterocycles. The largest absolute Gasteiger partial charge is 0.465 e. The molecule has 5 nitrogen and oxygen atoms in total. The zero-order chi connectivity index (χ0) is 15.6. The van der Waals surface area contributed by atoms with Gasteiger partial charge in [-0.1, -0.05) is 25.1 Å². The number of carbonyl (C=O) groups excluding carboxylic acids is 1. The van der Waals surface area contributed by atoms with Crippen LogP contribution in [0.25, 0.3) is 0 Å². The summed E-state index contributed by atoms with van der Waals surface area (Å²) in [6.07, 6.45) is 7.42. The van der Waals surface area contributed by atoms with E-state index in [9.17, 15) is 4.79 Å². The summed E-state index contributed by atoms with van der Waals surface area (Å²) < 4.78 is 5.20. The van der Waals surface area contributed by atoms with Crippen LogP contribution in [0.4, 0.5) is 0 Å². The zero-order valence-corrected chi connectivity index (χ0v) is 14.1. The first-order chi connectivity index (χ1) is 10.1. The predicted octanol–water partition coefficient (Wildman–Crippen LogP) is 2.99. The van der Waals surface area contributed by atoms with Crippen molar-refractivity contribution in [1.82, 2.24) is 15.3 Å². The first kappa shape index (κ1) is 18.0. The molecule has 0 aliphatic heterocycles. The molecule has 120 valence electrons. The monoisotopic (exact) mass is 313 g/mol. The van der Waals surface area contributed by atoms with E-state index < -0.39 is 5.54 Å². The normalized spacial score (nSPS) is 13.9. The summed E-state index contributed by atoms with van der Waals surface area (Å²) in [5.41, 5.74) is -0.568. The summed E-state index contributed by atoms with van der Waals surface area (Å²) in [7, 11) is 0. The molecule has 0 aliphatic rings. The van der Waals surface area contributed by atoms with Gasteiger partial charge >= 0.3 is 5.97 Å². The number of hydrogen-bond donors (Lipinski definition) is 2. The fraction of sp³-hybridized carbons (Fsp3) is 0.733. The van der Waals surface area contributed by atoms with E-state index in [0.29, 0.717) is 6.61 Å². The minimum atomic E-state index is -0.568. The Morgan fingerprint density at radius 3 is 2.90 bits per heavy atom. The molecule has 6 heteroatoms. The molecular weight excluding hydrogens is 286 g/mol. The van der Waals surface area contributed by atoms with E-state index in [4.69, 9.17) is 4.74 Å². The van der Waals surface area contributed by atoms with Crippen LogP contribution in [0.2, 0.25) is 0 Å². The number of thioether (sulfide) groups is 1. The van der Waals surface area contributed by atoms with Gasteiger partial charge in [0.15, 0.2) is 5.16 Å². The molecule has 1 unspecified atom stereocenters. The smallest absolute Gasteiger partial charge is 0.326 e. The summed E-state index contributed by atoms with van der Waals surface area (Å²) >= 11 is 1.71. The lowest BCUT2D eigenvalue weighted by Crippen LogP contribution is -2.50. The lowest BCUT2D eigenvalue weighted by atomic mass is 9.95. The topological polar surface area (TPSA) is 67.0 Å². The third-order valence-corrected chi connectivity index (χ3v) is 4.26. The molecule has 1 aromatic rings. The highest BCUT2D eigenvalue weighted by molar-refractivity contribution is 7.99. The summed E-state index contributed by atoms with van der Waals surface area (Å²) in [5, 5.41) is 4.29. The number of nitrogens with zero attached hydrogens (tertiary/aromatic N) is 1. The number of ether oxygens (including phenoxy) is 1. The highest BCUT2D eigenvalue weighted by Gasteiger charge is 2.33. The number of H-pyrrole nitrogens is 1. The fourth-order valence-electron chi connectivity index (χ4n) is 2.03. The second kappa shape index (κ2) is 9.84. The third kappa shape index (κ3) is 6.52. The van der Waals surface area contributed by atoms with Crippen molar-refractivity contribution >= 4 is 17.7 Å². The molecule has 0 spiro atoms. The molecule has 0 radical (unpaired) electrons.